The zero-order chi connectivity index (χ0) is 19.7. The summed E-state index contributed by atoms with van der Waals surface area (Å²) in [5.41, 5.74) is 2.35. The molecule has 0 aliphatic rings. The maximum atomic E-state index is 13.4. The number of nitrogens with zero attached hydrogens (tertiary/aromatic N) is 3. The third-order valence-electron chi connectivity index (χ3n) is 4.37. The summed E-state index contributed by atoms with van der Waals surface area (Å²) in [6.45, 7) is 2.70. The van der Waals surface area contributed by atoms with Crippen molar-refractivity contribution < 1.29 is 9.13 Å². The summed E-state index contributed by atoms with van der Waals surface area (Å²) < 4.78 is 21.9. The Morgan fingerprint density at radius 3 is 2.75 bits per heavy atom. The minimum Gasteiger partial charge on any atom is -0.492 e. The molecule has 0 saturated heterocycles. The van der Waals surface area contributed by atoms with E-state index in [1.165, 1.54) is 21.2 Å². The second-order valence-corrected chi connectivity index (χ2v) is 6.71. The molecule has 7 heteroatoms. The van der Waals surface area contributed by atoms with Crippen molar-refractivity contribution >= 4 is 17.1 Å². The van der Waals surface area contributed by atoms with Crippen LogP contribution in [0.5, 0.6) is 5.75 Å². The minimum atomic E-state index is -0.328. The van der Waals surface area contributed by atoms with Crippen LogP contribution in [0.4, 0.5) is 4.39 Å². The molecule has 28 heavy (non-hydrogen) atoms. The molecule has 0 N–H and O–H groups in total. The standard InChI is InChI=1S/C21H17ClFN3O2/c1-2-28-20-7-6-15(11-17(20)22)18-12-19-21(27)25(8-9-26(19)24-18)13-14-4-3-5-16(23)10-14/h3-12H,2,13H2,1H3. The first-order valence-electron chi connectivity index (χ1n) is 8.81. The molecular weight excluding hydrogens is 381 g/mol. The van der Waals surface area contributed by atoms with Crippen molar-refractivity contribution in [1.82, 2.24) is 14.2 Å². The van der Waals surface area contributed by atoms with Gasteiger partial charge in [-0.25, -0.2) is 8.91 Å². The lowest BCUT2D eigenvalue weighted by molar-refractivity contribution is 0.340. The van der Waals surface area contributed by atoms with Gasteiger partial charge in [-0.3, -0.25) is 4.79 Å². The zero-order valence-electron chi connectivity index (χ0n) is 15.1. The second kappa shape index (κ2) is 7.48. The molecule has 2 aromatic heterocycles. The largest absolute Gasteiger partial charge is 0.492 e. The summed E-state index contributed by atoms with van der Waals surface area (Å²) in [6, 6.07) is 13.3. The van der Waals surface area contributed by atoms with Crippen LogP contribution in [0.25, 0.3) is 16.8 Å². The number of aromatic nitrogens is 3. The van der Waals surface area contributed by atoms with Crippen LogP contribution in [0.2, 0.25) is 5.02 Å². The van der Waals surface area contributed by atoms with Crippen LogP contribution in [0.1, 0.15) is 12.5 Å². The molecule has 0 unspecified atom stereocenters. The van der Waals surface area contributed by atoms with Gasteiger partial charge in [0.1, 0.15) is 17.1 Å². The molecular formula is C21H17ClFN3O2. The van der Waals surface area contributed by atoms with Crippen LogP contribution in [0.3, 0.4) is 0 Å². The first-order chi connectivity index (χ1) is 13.5. The Kier molecular flexibility index (Phi) is 4.88. The van der Waals surface area contributed by atoms with E-state index < -0.39 is 0 Å². The van der Waals surface area contributed by atoms with Crippen LogP contribution < -0.4 is 10.3 Å². The van der Waals surface area contributed by atoms with E-state index in [1.807, 2.05) is 13.0 Å². The molecule has 2 aromatic carbocycles. The van der Waals surface area contributed by atoms with E-state index in [2.05, 4.69) is 5.10 Å². The van der Waals surface area contributed by atoms with Crippen LogP contribution in [0.15, 0.2) is 65.7 Å². The zero-order valence-corrected chi connectivity index (χ0v) is 15.9. The van der Waals surface area contributed by atoms with Gasteiger partial charge in [0.25, 0.3) is 5.56 Å². The van der Waals surface area contributed by atoms with Crippen molar-refractivity contribution in [3.63, 3.8) is 0 Å². The summed E-state index contributed by atoms with van der Waals surface area (Å²) in [6.07, 6.45) is 3.35. The molecule has 0 spiro atoms. The van der Waals surface area contributed by atoms with Crippen molar-refractivity contribution in [2.75, 3.05) is 6.61 Å². The van der Waals surface area contributed by atoms with Gasteiger partial charge < -0.3 is 9.30 Å². The third-order valence-corrected chi connectivity index (χ3v) is 4.67. The average molecular weight is 398 g/mol. The van der Waals surface area contributed by atoms with Crippen LogP contribution >= 0.6 is 11.6 Å². The van der Waals surface area contributed by atoms with Gasteiger partial charge in [0, 0.05) is 18.0 Å². The molecule has 0 aliphatic carbocycles. The molecule has 2 heterocycles. The minimum absolute atomic E-state index is 0.206. The molecule has 4 rings (SSSR count). The highest BCUT2D eigenvalue weighted by Crippen LogP contribution is 2.30. The van der Waals surface area contributed by atoms with Gasteiger partial charge in [0.2, 0.25) is 0 Å². The summed E-state index contributed by atoms with van der Waals surface area (Å²) >= 11 is 6.26. The Morgan fingerprint density at radius 1 is 1.14 bits per heavy atom. The van der Waals surface area contributed by atoms with E-state index in [0.29, 0.717) is 34.2 Å². The first-order valence-corrected chi connectivity index (χ1v) is 9.19. The number of ether oxygens (including phenoxy) is 1. The van der Waals surface area contributed by atoms with E-state index in [-0.39, 0.29) is 17.9 Å². The molecule has 0 radical (unpaired) electrons. The van der Waals surface area contributed by atoms with Crippen molar-refractivity contribution in [1.29, 1.82) is 0 Å². The van der Waals surface area contributed by atoms with E-state index in [4.69, 9.17) is 16.3 Å². The Labute approximate surface area is 165 Å². The quantitative estimate of drug-likeness (QED) is 0.501. The van der Waals surface area contributed by atoms with Crippen molar-refractivity contribution in [2.24, 2.45) is 0 Å². The lowest BCUT2D eigenvalue weighted by Gasteiger charge is -2.06. The van der Waals surface area contributed by atoms with Gasteiger partial charge in [-0.05, 0) is 48.9 Å². The molecule has 0 aliphatic heterocycles. The molecule has 142 valence electrons. The lowest BCUT2D eigenvalue weighted by atomic mass is 10.1. The maximum Gasteiger partial charge on any atom is 0.276 e. The predicted octanol–water partition coefficient (Wildman–Crippen LogP) is 4.40. The van der Waals surface area contributed by atoms with Gasteiger partial charge in [-0.2, -0.15) is 5.10 Å². The molecule has 0 amide bonds. The van der Waals surface area contributed by atoms with Crippen molar-refractivity contribution in [3.8, 4) is 17.0 Å². The Morgan fingerprint density at radius 2 is 2.00 bits per heavy atom. The van der Waals surface area contributed by atoms with Crippen molar-refractivity contribution in [2.45, 2.75) is 13.5 Å². The van der Waals surface area contributed by atoms with Crippen LogP contribution in [-0.2, 0) is 6.54 Å². The molecule has 5 nitrogen and oxygen atoms in total. The van der Waals surface area contributed by atoms with E-state index >= 15 is 0 Å². The molecule has 0 atom stereocenters. The monoisotopic (exact) mass is 397 g/mol. The Bertz CT molecular complexity index is 1220. The summed E-state index contributed by atoms with van der Waals surface area (Å²) in [5, 5.41) is 4.95. The second-order valence-electron chi connectivity index (χ2n) is 6.30. The van der Waals surface area contributed by atoms with Gasteiger partial charge in [-0.1, -0.05) is 23.7 Å². The van der Waals surface area contributed by atoms with Gasteiger partial charge in [0.15, 0.2) is 0 Å². The molecule has 0 fully saturated rings. The van der Waals surface area contributed by atoms with Gasteiger partial charge in [0.05, 0.1) is 23.9 Å². The normalized spacial score (nSPS) is 11.1. The highest BCUT2D eigenvalue weighted by atomic mass is 35.5. The number of rotatable bonds is 5. The molecule has 0 bridgehead atoms. The third kappa shape index (κ3) is 3.51. The average Bonchev–Trinajstić information content (AvgIpc) is 3.11. The number of fused-ring (bicyclic) bond motifs is 1. The Hall–Kier alpha value is -3.12. The molecule has 4 aromatic rings. The summed E-state index contributed by atoms with van der Waals surface area (Å²) in [7, 11) is 0. The number of hydrogen-bond donors (Lipinski definition) is 0. The highest BCUT2D eigenvalue weighted by Gasteiger charge is 2.11. The fourth-order valence-corrected chi connectivity index (χ4v) is 3.29. The summed E-state index contributed by atoms with van der Waals surface area (Å²) in [4.78, 5) is 12.8. The topological polar surface area (TPSA) is 48.5 Å². The fourth-order valence-electron chi connectivity index (χ4n) is 3.06. The highest BCUT2D eigenvalue weighted by molar-refractivity contribution is 6.32. The van der Waals surface area contributed by atoms with Crippen LogP contribution in [0, 0.1) is 5.82 Å². The van der Waals surface area contributed by atoms with Gasteiger partial charge in [-0.15, -0.1) is 0 Å². The number of benzene rings is 2. The number of halogens is 2. The smallest absolute Gasteiger partial charge is 0.276 e. The van der Waals surface area contributed by atoms with Gasteiger partial charge >= 0.3 is 0 Å². The Balaban J connectivity index is 1.71. The lowest BCUT2D eigenvalue weighted by Crippen LogP contribution is -2.21. The molecule has 0 saturated carbocycles. The summed E-state index contributed by atoms with van der Waals surface area (Å²) in [5.74, 6) is 0.278. The van der Waals surface area contributed by atoms with Crippen molar-refractivity contribution in [3.05, 3.63) is 87.7 Å². The first kappa shape index (κ1) is 18.3. The maximum absolute atomic E-state index is 13.4. The van der Waals surface area contributed by atoms with E-state index in [1.54, 1.807) is 42.7 Å². The van der Waals surface area contributed by atoms with Crippen LogP contribution in [-0.4, -0.2) is 20.8 Å². The SMILES string of the molecule is CCOc1ccc(-c2cc3c(=O)n(Cc4cccc(F)c4)ccn3n2)cc1Cl. The van der Waals surface area contributed by atoms with E-state index in [9.17, 15) is 9.18 Å². The fraction of sp³-hybridized carbons (Fsp3) is 0.143. The van der Waals surface area contributed by atoms with E-state index in [0.717, 1.165) is 5.56 Å². The number of hydrogen-bond acceptors (Lipinski definition) is 3. The predicted molar refractivity (Wildman–Crippen MR) is 107 cm³/mol.